The summed E-state index contributed by atoms with van der Waals surface area (Å²) in [5.41, 5.74) is 1.41. The number of amides is 2. The van der Waals surface area contributed by atoms with E-state index in [4.69, 9.17) is 14.3 Å². The Morgan fingerprint density at radius 3 is 2.21 bits per heavy atom. The van der Waals surface area contributed by atoms with Crippen LogP contribution in [0.1, 0.15) is 23.1 Å². The van der Waals surface area contributed by atoms with Crippen LogP contribution in [0.5, 0.6) is 0 Å². The average Bonchev–Trinajstić information content (AvgIpc) is 2.96. The predicted molar refractivity (Wildman–Crippen MR) is 155 cm³/mol. The second kappa shape index (κ2) is 13.8. The SMILES string of the molecule is Cc1cc(NC(=O)[C@H](Cc2ccccc2)NC(=O)OCc2ccccc2)cc2nc(NC(CC(=O)O)C(=O)O)oc(=O)c12. The van der Waals surface area contributed by atoms with Gasteiger partial charge in [0.2, 0.25) is 5.91 Å². The molecule has 0 saturated carbocycles. The van der Waals surface area contributed by atoms with E-state index in [0.717, 1.165) is 11.1 Å². The van der Waals surface area contributed by atoms with Gasteiger partial charge in [-0.1, -0.05) is 60.7 Å². The fraction of sp³-hybridized carbons (Fsp3) is 0.200. The highest BCUT2D eigenvalue weighted by atomic mass is 16.5. The van der Waals surface area contributed by atoms with Gasteiger partial charge >= 0.3 is 23.7 Å². The summed E-state index contributed by atoms with van der Waals surface area (Å²) in [5, 5.41) is 26.0. The molecule has 1 aromatic heterocycles. The molecule has 0 bridgehead atoms. The number of rotatable bonds is 12. The van der Waals surface area contributed by atoms with Gasteiger partial charge in [0.05, 0.1) is 17.3 Å². The zero-order valence-corrected chi connectivity index (χ0v) is 22.9. The number of ether oxygens (including phenoxy) is 1. The minimum Gasteiger partial charge on any atom is -0.481 e. The summed E-state index contributed by atoms with van der Waals surface area (Å²) in [4.78, 5) is 65.3. The molecule has 5 N–H and O–H groups in total. The van der Waals surface area contributed by atoms with Crippen LogP contribution in [0.15, 0.2) is 82.0 Å². The number of aryl methyl sites for hydroxylation is 1. The standard InChI is InChI=1S/C30H28N4O9/c1-17-12-20(14-21-25(17)28(40)43-29(32-21)33-23(27(38)39)15-24(35)36)31-26(37)22(13-18-8-4-2-5-9-18)34-30(41)42-16-19-10-6-3-7-11-19/h2-12,14,22-23H,13,15-16H2,1H3,(H,31,37)(H,32,33)(H,34,41)(H,35,36)(H,38,39)/t22-,23?/m0/s1. The number of nitrogens with zero attached hydrogens (tertiary/aromatic N) is 1. The van der Waals surface area contributed by atoms with Gasteiger partial charge in [-0.2, -0.15) is 4.98 Å². The number of hydrogen-bond acceptors (Lipinski definition) is 9. The van der Waals surface area contributed by atoms with Crippen LogP contribution in [0.3, 0.4) is 0 Å². The average molecular weight is 589 g/mol. The second-order valence-corrected chi connectivity index (χ2v) is 9.56. The van der Waals surface area contributed by atoms with E-state index < -0.39 is 54.1 Å². The highest BCUT2D eigenvalue weighted by Crippen LogP contribution is 2.22. The first kappa shape index (κ1) is 30.2. The number of fused-ring (bicyclic) bond motifs is 1. The van der Waals surface area contributed by atoms with E-state index in [0.29, 0.717) is 5.56 Å². The number of alkyl carbamates (subject to hydrolysis) is 1. The van der Waals surface area contributed by atoms with Crippen LogP contribution in [0.2, 0.25) is 0 Å². The summed E-state index contributed by atoms with van der Waals surface area (Å²) in [6.07, 6.45) is -1.44. The Bertz CT molecular complexity index is 1690. The lowest BCUT2D eigenvalue weighted by Gasteiger charge is -2.19. The van der Waals surface area contributed by atoms with Crippen LogP contribution in [0.25, 0.3) is 10.9 Å². The van der Waals surface area contributed by atoms with Crippen molar-refractivity contribution in [3.63, 3.8) is 0 Å². The molecule has 13 heteroatoms. The van der Waals surface area contributed by atoms with Gasteiger partial charge in [0.15, 0.2) is 0 Å². The van der Waals surface area contributed by atoms with E-state index in [1.165, 1.54) is 12.1 Å². The Labute approximate surface area is 244 Å². The van der Waals surface area contributed by atoms with Crippen LogP contribution in [-0.2, 0) is 32.1 Å². The normalized spacial score (nSPS) is 12.1. The molecule has 13 nitrogen and oxygen atoms in total. The van der Waals surface area contributed by atoms with E-state index >= 15 is 0 Å². The van der Waals surface area contributed by atoms with Gasteiger partial charge in [0.25, 0.3) is 6.01 Å². The molecule has 1 unspecified atom stereocenters. The number of hydrogen-bond donors (Lipinski definition) is 5. The lowest BCUT2D eigenvalue weighted by molar-refractivity contribution is -0.144. The Morgan fingerprint density at radius 2 is 1.58 bits per heavy atom. The lowest BCUT2D eigenvalue weighted by Crippen LogP contribution is -2.45. The van der Waals surface area contributed by atoms with Crippen molar-refractivity contribution in [3.8, 4) is 0 Å². The molecule has 1 heterocycles. The van der Waals surface area contributed by atoms with Gasteiger partial charge in [-0.15, -0.1) is 0 Å². The smallest absolute Gasteiger partial charge is 0.408 e. The molecule has 0 spiro atoms. The minimum atomic E-state index is -1.61. The molecular weight excluding hydrogens is 560 g/mol. The van der Waals surface area contributed by atoms with Crippen molar-refractivity contribution in [3.05, 3.63) is 99.9 Å². The largest absolute Gasteiger partial charge is 0.481 e. The zero-order valence-electron chi connectivity index (χ0n) is 22.9. The Hall–Kier alpha value is -5.72. The zero-order chi connectivity index (χ0) is 30.9. The van der Waals surface area contributed by atoms with Gasteiger partial charge in [0.1, 0.15) is 18.7 Å². The highest BCUT2D eigenvalue weighted by Gasteiger charge is 2.25. The first-order valence-electron chi connectivity index (χ1n) is 13.1. The predicted octanol–water partition coefficient (Wildman–Crippen LogP) is 3.31. The van der Waals surface area contributed by atoms with Crippen molar-refractivity contribution < 1.29 is 38.5 Å². The second-order valence-electron chi connectivity index (χ2n) is 9.56. The van der Waals surface area contributed by atoms with Crippen molar-refractivity contribution in [1.29, 1.82) is 0 Å². The van der Waals surface area contributed by atoms with Crippen molar-refractivity contribution in [2.24, 2.45) is 0 Å². The Balaban J connectivity index is 1.56. The Morgan fingerprint density at radius 1 is 0.930 bits per heavy atom. The third-order valence-corrected chi connectivity index (χ3v) is 6.28. The number of benzene rings is 3. The van der Waals surface area contributed by atoms with Crippen molar-refractivity contribution in [2.45, 2.75) is 38.5 Å². The van der Waals surface area contributed by atoms with E-state index in [1.807, 2.05) is 36.4 Å². The van der Waals surface area contributed by atoms with Crippen molar-refractivity contribution in [2.75, 3.05) is 10.6 Å². The molecule has 2 atom stereocenters. The third kappa shape index (κ3) is 8.39. The van der Waals surface area contributed by atoms with Crippen LogP contribution in [0, 0.1) is 6.92 Å². The van der Waals surface area contributed by atoms with E-state index in [2.05, 4.69) is 20.9 Å². The number of nitrogens with one attached hydrogen (secondary N) is 3. The summed E-state index contributed by atoms with van der Waals surface area (Å²) in [6.45, 7) is 1.60. The number of aliphatic carboxylic acids is 2. The number of carbonyl (C=O) groups excluding carboxylic acids is 2. The first-order valence-corrected chi connectivity index (χ1v) is 13.1. The molecule has 0 aliphatic heterocycles. The number of carboxylic acids is 2. The van der Waals surface area contributed by atoms with Gasteiger partial charge in [-0.3, -0.25) is 9.59 Å². The maximum atomic E-state index is 13.4. The first-order chi connectivity index (χ1) is 20.6. The van der Waals surface area contributed by atoms with Gasteiger partial charge in [0, 0.05) is 12.1 Å². The number of carboxylic acid groups (broad SMARTS) is 2. The maximum absolute atomic E-state index is 13.4. The van der Waals surface area contributed by atoms with Gasteiger partial charge < -0.3 is 35.3 Å². The molecule has 0 saturated heterocycles. The molecular formula is C30H28N4O9. The van der Waals surface area contributed by atoms with Gasteiger partial charge in [-0.25, -0.2) is 14.4 Å². The van der Waals surface area contributed by atoms with E-state index in [9.17, 15) is 29.1 Å². The van der Waals surface area contributed by atoms with Crippen LogP contribution < -0.4 is 21.6 Å². The molecule has 4 aromatic rings. The molecule has 43 heavy (non-hydrogen) atoms. The summed E-state index contributed by atoms with van der Waals surface area (Å²) >= 11 is 0. The molecule has 0 fully saturated rings. The summed E-state index contributed by atoms with van der Waals surface area (Å²) in [6, 6.07) is 17.9. The summed E-state index contributed by atoms with van der Waals surface area (Å²) in [5.74, 6) is -3.44. The minimum absolute atomic E-state index is 0.00996. The fourth-order valence-electron chi connectivity index (χ4n) is 4.25. The van der Waals surface area contributed by atoms with E-state index in [1.54, 1.807) is 31.2 Å². The number of carbonyl (C=O) groups is 4. The number of anilines is 2. The van der Waals surface area contributed by atoms with Gasteiger partial charge in [-0.05, 0) is 35.7 Å². The maximum Gasteiger partial charge on any atom is 0.408 e. The fourth-order valence-corrected chi connectivity index (χ4v) is 4.25. The van der Waals surface area contributed by atoms with Crippen LogP contribution >= 0.6 is 0 Å². The topological polar surface area (TPSA) is 197 Å². The summed E-state index contributed by atoms with van der Waals surface area (Å²) < 4.78 is 10.4. The van der Waals surface area contributed by atoms with E-state index in [-0.39, 0.29) is 29.6 Å². The molecule has 222 valence electrons. The van der Waals surface area contributed by atoms with Crippen LogP contribution in [0.4, 0.5) is 16.5 Å². The highest BCUT2D eigenvalue weighted by molar-refractivity contribution is 5.98. The lowest BCUT2D eigenvalue weighted by atomic mass is 10.0. The molecule has 2 amide bonds. The third-order valence-electron chi connectivity index (χ3n) is 6.28. The molecule has 0 aliphatic rings. The molecule has 4 rings (SSSR count). The molecule has 0 radical (unpaired) electrons. The van der Waals surface area contributed by atoms with Crippen molar-refractivity contribution >= 4 is 46.5 Å². The van der Waals surface area contributed by atoms with Crippen molar-refractivity contribution in [1.82, 2.24) is 10.3 Å². The molecule has 3 aromatic carbocycles. The monoisotopic (exact) mass is 588 g/mol. The number of aromatic nitrogens is 1. The summed E-state index contributed by atoms with van der Waals surface area (Å²) in [7, 11) is 0. The van der Waals surface area contributed by atoms with Crippen LogP contribution in [-0.4, -0.2) is 51.2 Å². The quantitative estimate of drug-likeness (QED) is 0.163. The molecule has 0 aliphatic carbocycles. The Kier molecular flexibility index (Phi) is 9.68.